The number of benzene rings is 1. The van der Waals surface area contributed by atoms with Crippen molar-refractivity contribution >= 4 is 21.4 Å². The van der Waals surface area contributed by atoms with Gasteiger partial charge in [-0.25, -0.2) is 8.42 Å². The van der Waals surface area contributed by atoms with E-state index in [0.29, 0.717) is 12.4 Å². The molecule has 0 atom stereocenters. The molecular formula is C15H22ClNO3S. The molecule has 1 fully saturated rings. The zero-order valence-electron chi connectivity index (χ0n) is 12.3. The maximum Gasteiger partial charge on any atom is 0.176 e. The molecule has 0 aliphatic carbocycles. The third-order valence-electron chi connectivity index (χ3n) is 3.79. The highest BCUT2D eigenvalue weighted by Crippen LogP contribution is 2.26. The number of rotatable bonds is 6. The van der Waals surface area contributed by atoms with Crippen molar-refractivity contribution in [2.75, 3.05) is 26.0 Å². The fraction of sp³-hybridized carbons (Fsp3) is 0.600. The molecule has 6 heteroatoms. The first-order chi connectivity index (χ1) is 9.97. The molecule has 0 amide bonds. The Hall–Kier alpha value is -0.780. The molecule has 118 valence electrons. The van der Waals surface area contributed by atoms with Crippen LogP contribution in [0.25, 0.3) is 0 Å². The second-order valence-corrected chi connectivity index (χ2v) is 7.94. The first kappa shape index (κ1) is 16.6. The highest BCUT2D eigenvalue weighted by atomic mass is 35.5. The molecule has 1 aromatic rings. The molecule has 1 saturated heterocycles. The smallest absolute Gasteiger partial charge is 0.176 e. The van der Waals surface area contributed by atoms with Crippen LogP contribution < -0.4 is 10.1 Å². The molecule has 21 heavy (non-hydrogen) atoms. The summed E-state index contributed by atoms with van der Waals surface area (Å²) < 4.78 is 28.6. The van der Waals surface area contributed by atoms with E-state index in [0.717, 1.165) is 31.7 Å². The average Bonchev–Trinajstić information content (AvgIpc) is 2.43. The summed E-state index contributed by atoms with van der Waals surface area (Å²) in [5.74, 6) is 1.42. The van der Waals surface area contributed by atoms with Gasteiger partial charge < -0.3 is 10.1 Å². The van der Waals surface area contributed by atoms with Crippen LogP contribution in [0.2, 0.25) is 5.02 Å². The fourth-order valence-electron chi connectivity index (χ4n) is 2.60. The topological polar surface area (TPSA) is 55.4 Å². The minimum atomic E-state index is -3.28. The van der Waals surface area contributed by atoms with Gasteiger partial charge in [0.1, 0.15) is 5.75 Å². The van der Waals surface area contributed by atoms with Gasteiger partial charge in [0.15, 0.2) is 9.84 Å². The lowest BCUT2D eigenvalue weighted by atomic mass is 9.93. The van der Waals surface area contributed by atoms with Crippen LogP contribution in [0.3, 0.4) is 0 Å². The first-order valence-corrected chi connectivity index (χ1v) is 9.57. The van der Waals surface area contributed by atoms with Crippen LogP contribution in [0.4, 0.5) is 0 Å². The Kier molecular flexibility index (Phi) is 5.90. The van der Waals surface area contributed by atoms with Gasteiger partial charge >= 0.3 is 0 Å². The van der Waals surface area contributed by atoms with Crippen molar-refractivity contribution in [3.05, 3.63) is 23.2 Å². The molecule has 4 nitrogen and oxygen atoms in total. The normalized spacial score (nSPS) is 16.9. The van der Waals surface area contributed by atoms with Gasteiger partial charge in [-0.3, -0.25) is 0 Å². The fourth-order valence-corrected chi connectivity index (χ4v) is 3.92. The van der Waals surface area contributed by atoms with Gasteiger partial charge in [-0.05, 0) is 56.8 Å². The van der Waals surface area contributed by atoms with Crippen LogP contribution in [0.1, 0.15) is 25.7 Å². The van der Waals surface area contributed by atoms with Crippen LogP contribution >= 0.6 is 11.6 Å². The van der Waals surface area contributed by atoms with Crippen LogP contribution in [0, 0.1) is 5.92 Å². The monoisotopic (exact) mass is 331 g/mol. The van der Waals surface area contributed by atoms with Gasteiger partial charge in [-0.1, -0.05) is 11.6 Å². The maximum atomic E-state index is 11.5. The van der Waals surface area contributed by atoms with Crippen molar-refractivity contribution in [3.63, 3.8) is 0 Å². The molecule has 2 rings (SSSR count). The van der Waals surface area contributed by atoms with Crippen LogP contribution in [-0.2, 0) is 9.84 Å². The molecule has 1 N–H and O–H groups in total. The van der Waals surface area contributed by atoms with Crippen LogP contribution in [0.5, 0.6) is 5.75 Å². The van der Waals surface area contributed by atoms with Gasteiger partial charge in [0.2, 0.25) is 0 Å². The molecule has 1 aromatic carbocycles. The molecule has 0 spiro atoms. The summed E-state index contributed by atoms with van der Waals surface area (Å²) in [7, 11) is -3.28. The molecule has 1 heterocycles. The zero-order chi connectivity index (χ0) is 15.3. The Morgan fingerprint density at radius 2 is 2.05 bits per heavy atom. The van der Waals surface area contributed by atoms with E-state index in [9.17, 15) is 8.42 Å². The quantitative estimate of drug-likeness (QED) is 0.814. The highest BCUT2D eigenvalue weighted by Gasteiger charge is 2.14. The van der Waals surface area contributed by atoms with E-state index in [2.05, 4.69) is 5.32 Å². The van der Waals surface area contributed by atoms with E-state index in [1.54, 1.807) is 12.1 Å². The lowest BCUT2D eigenvalue weighted by Gasteiger charge is -2.22. The van der Waals surface area contributed by atoms with Crippen LogP contribution in [0.15, 0.2) is 23.1 Å². The van der Waals surface area contributed by atoms with E-state index in [1.807, 2.05) is 0 Å². The molecular weight excluding hydrogens is 310 g/mol. The summed E-state index contributed by atoms with van der Waals surface area (Å²) in [6.45, 7) is 2.88. The molecule has 0 saturated carbocycles. The number of hydrogen-bond donors (Lipinski definition) is 1. The molecule has 0 unspecified atom stereocenters. The number of sulfone groups is 1. The summed E-state index contributed by atoms with van der Waals surface area (Å²) in [6, 6.07) is 4.73. The predicted molar refractivity (Wildman–Crippen MR) is 84.9 cm³/mol. The second-order valence-electron chi connectivity index (χ2n) is 5.55. The summed E-state index contributed by atoms with van der Waals surface area (Å²) in [5, 5.41) is 3.58. The Bertz CT molecular complexity index is 568. The molecule has 0 bridgehead atoms. The van der Waals surface area contributed by atoms with Crippen molar-refractivity contribution in [2.24, 2.45) is 5.92 Å². The largest absolute Gasteiger partial charge is 0.494 e. The third kappa shape index (κ3) is 5.16. The minimum Gasteiger partial charge on any atom is -0.494 e. The number of ether oxygens (including phenoxy) is 1. The highest BCUT2D eigenvalue weighted by molar-refractivity contribution is 7.90. The first-order valence-electron chi connectivity index (χ1n) is 7.30. The summed E-state index contributed by atoms with van der Waals surface area (Å²) >= 11 is 5.98. The summed E-state index contributed by atoms with van der Waals surface area (Å²) in [5.41, 5.74) is 0. The lowest BCUT2D eigenvalue weighted by Crippen LogP contribution is -2.27. The van der Waals surface area contributed by atoms with E-state index in [4.69, 9.17) is 16.3 Å². The van der Waals surface area contributed by atoms with Crippen molar-refractivity contribution in [1.82, 2.24) is 5.32 Å². The van der Waals surface area contributed by atoms with Gasteiger partial charge in [0.05, 0.1) is 16.5 Å². The van der Waals surface area contributed by atoms with Gasteiger partial charge in [-0.15, -0.1) is 0 Å². The molecule has 1 aliphatic rings. The molecule has 1 aliphatic heterocycles. The number of hydrogen-bond acceptors (Lipinski definition) is 4. The van der Waals surface area contributed by atoms with Crippen molar-refractivity contribution in [3.8, 4) is 5.75 Å². The lowest BCUT2D eigenvalue weighted by molar-refractivity contribution is 0.273. The standard InChI is InChI=1S/C15H22ClNO3S/c1-21(18,19)15-5-4-13(11-14(15)16)20-10-2-3-12-6-8-17-9-7-12/h4-5,11-12,17H,2-3,6-10H2,1H3. The number of halogens is 1. The summed E-state index contributed by atoms with van der Waals surface area (Å²) in [4.78, 5) is 0.145. The molecule has 0 radical (unpaired) electrons. The van der Waals surface area contributed by atoms with E-state index < -0.39 is 9.84 Å². The van der Waals surface area contributed by atoms with Crippen molar-refractivity contribution in [1.29, 1.82) is 0 Å². The number of piperidine rings is 1. The number of nitrogens with one attached hydrogen (secondary N) is 1. The van der Waals surface area contributed by atoms with Crippen molar-refractivity contribution in [2.45, 2.75) is 30.6 Å². The zero-order valence-corrected chi connectivity index (χ0v) is 13.8. The summed E-state index contributed by atoms with van der Waals surface area (Å²) in [6.07, 6.45) is 5.82. The maximum absolute atomic E-state index is 11.5. The van der Waals surface area contributed by atoms with Gasteiger partial charge in [-0.2, -0.15) is 0 Å². The minimum absolute atomic E-state index is 0.145. The Balaban J connectivity index is 1.79. The van der Waals surface area contributed by atoms with E-state index in [-0.39, 0.29) is 9.92 Å². The van der Waals surface area contributed by atoms with E-state index >= 15 is 0 Å². The Labute approximate surface area is 131 Å². The average molecular weight is 332 g/mol. The second kappa shape index (κ2) is 7.47. The van der Waals surface area contributed by atoms with E-state index in [1.165, 1.54) is 25.3 Å². The van der Waals surface area contributed by atoms with Gasteiger partial charge in [0.25, 0.3) is 0 Å². The SMILES string of the molecule is CS(=O)(=O)c1ccc(OCCCC2CCNCC2)cc1Cl. The predicted octanol–water partition coefficient (Wildman–Crippen LogP) is 2.90. The van der Waals surface area contributed by atoms with Crippen molar-refractivity contribution < 1.29 is 13.2 Å². The Morgan fingerprint density at radius 1 is 1.33 bits per heavy atom. The third-order valence-corrected chi connectivity index (χ3v) is 5.37. The Morgan fingerprint density at radius 3 is 2.67 bits per heavy atom. The van der Waals surface area contributed by atoms with Gasteiger partial charge in [0, 0.05) is 12.3 Å². The molecule has 0 aromatic heterocycles. The van der Waals surface area contributed by atoms with Crippen LogP contribution in [-0.4, -0.2) is 34.4 Å².